The molecule has 1 aliphatic carbocycles. The van der Waals surface area contributed by atoms with Crippen LogP contribution in [0.25, 0.3) is 0 Å². The van der Waals surface area contributed by atoms with Crippen molar-refractivity contribution in [3.8, 4) is 11.5 Å². The van der Waals surface area contributed by atoms with Crippen LogP contribution in [0.1, 0.15) is 45.6 Å². The molecule has 0 aromatic heterocycles. The molecule has 0 heterocycles. The number of aliphatic carboxylic acids is 1. The molecule has 0 atom stereocenters. The number of carbonyl (C=O) groups is 1. The lowest BCUT2D eigenvalue weighted by atomic mass is 9.86. The van der Waals surface area contributed by atoms with Crippen molar-refractivity contribution in [2.45, 2.75) is 45.4 Å². The van der Waals surface area contributed by atoms with Gasteiger partial charge < -0.3 is 14.6 Å². The van der Waals surface area contributed by atoms with E-state index in [1.807, 2.05) is 18.2 Å². The van der Waals surface area contributed by atoms with Crippen molar-refractivity contribution in [3.05, 3.63) is 23.8 Å². The maximum atomic E-state index is 10.9. The molecule has 1 fully saturated rings. The van der Waals surface area contributed by atoms with Crippen molar-refractivity contribution in [2.75, 3.05) is 13.7 Å². The van der Waals surface area contributed by atoms with Crippen LogP contribution in [0.15, 0.2) is 18.2 Å². The molecule has 116 valence electrons. The molecule has 4 nitrogen and oxygen atoms in total. The summed E-state index contributed by atoms with van der Waals surface area (Å²) in [7, 11) is 1.65. The van der Waals surface area contributed by atoms with Gasteiger partial charge in [0.25, 0.3) is 0 Å². The minimum atomic E-state index is -0.748. The smallest absolute Gasteiger partial charge is 0.304 e. The van der Waals surface area contributed by atoms with Crippen molar-refractivity contribution < 1.29 is 19.4 Å². The quantitative estimate of drug-likeness (QED) is 0.870. The van der Waals surface area contributed by atoms with Gasteiger partial charge in [0.05, 0.1) is 20.1 Å². The Balaban J connectivity index is 2.15. The third kappa shape index (κ3) is 3.90. The number of methoxy groups -OCH3 is 1. The minimum absolute atomic E-state index is 0.0621. The van der Waals surface area contributed by atoms with Crippen LogP contribution < -0.4 is 9.47 Å². The van der Waals surface area contributed by atoms with Crippen molar-refractivity contribution in [1.82, 2.24) is 0 Å². The van der Waals surface area contributed by atoms with E-state index in [1.165, 1.54) is 0 Å². The van der Waals surface area contributed by atoms with Gasteiger partial charge in [-0.15, -0.1) is 0 Å². The van der Waals surface area contributed by atoms with Crippen LogP contribution in [-0.2, 0) is 10.2 Å². The van der Waals surface area contributed by atoms with Crippen molar-refractivity contribution in [1.29, 1.82) is 0 Å². The first-order valence-corrected chi connectivity index (χ1v) is 7.29. The van der Waals surface area contributed by atoms with Crippen LogP contribution >= 0.6 is 0 Å². The van der Waals surface area contributed by atoms with E-state index in [-0.39, 0.29) is 17.3 Å². The second-order valence-electron chi connectivity index (χ2n) is 6.97. The number of hydrogen-bond acceptors (Lipinski definition) is 3. The van der Waals surface area contributed by atoms with Gasteiger partial charge in [-0.2, -0.15) is 0 Å². The molecule has 1 aromatic carbocycles. The Bertz CT molecular complexity index is 524. The SMILES string of the molecule is COc1ccc(OCC2(CC(=O)O)CC2)c(C(C)(C)C)c1. The Morgan fingerprint density at radius 2 is 2.00 bits per heavy atom. The molecule has 0 unspecified atom stereocenters. The number of rotatable bonds is 6. The van der Waals surface area contributed by atoms with E-state index in [9.17, 15) is 4.79 Å². The summed E-state index contributed by atoms with van der Waals surface area (Å²) in [4.78, 5) is 10.9. The first-order chi connectivity index (χ1) is 9.76. The Labute approximate surface area is 126 Å². The van der Waals surface area contributed by atoms with E-state index in [1.54, 1.807) is 7.11 Å². The summed E-state index contributed by atoms with van der Waals surface area (Å²) in [5, 5.41) is 8.97. The monoisotopic (exact) mass is 292 g/mol. The summed E-state index contributed by atoms with van der Waals surface area (Å²) >= 11 is 0. The van der Waals surface area contributed by atoms with Gasteiger partial charge in [-0.3, -0.25) is 4.79 Å². The first-order valence-electron chi connectivity index (χ1n) is 7.29. The van der Waals surface area contributed by atoms with E-state index in [4.69, 9.17) is 14.6 Å². The predicted octanol–water partition coefficient (Wildman–Crippen LogP) is 3.63. The Kier molecular flexibility index (Phi) is 4.17. The molecule has 0 spiro atoms. The summed E-state index contributed by atoms with van der Waals surface area (Å²) in [5.41, 5.74) is 0.849. The molecule has 0 saturated heterocycles. The average Bonchev–Trinajstić information content (AvgIpc) is 3.14. The maximum Gasteiger partial charge on any atom is 0.304 e. The zero-order valence-corrected chi connectivity index (χ0v) is 13.2. The molecule has 1 saturated carbocycles. The summed E-state index contributed by atoms with van der Waals surface area (Å²) in [6.07, 6.45) is 2.05. The fraction of sp³-hybridized carbons (Fsp3) is 0.588. The normalized spacial score (nSPS) is 16.4. The van der Waals surface area contributed by atoms with E-state index in [2.05, 4.69) is 20.8 Å². The third-order valence-corrected chi connectivity index (χ3v) is 4.01. The van der Waals surface area contributed by atoms with Gasteiger partial charge in [0.1, 0.15) is 11.5 Å². The van der Waals surface area contributed by atoms with Gasteiger partial charge in [-0.05, 0) is 36.5 Å². The van der Waals surface area contributed by atoms with Crippen molar-refractivity contribution >= 4 is 5.97 Å². The van der Waals surface area contributed by atoms with Crippen LogP contribution in [0, 0.1) is 5.41 Å². The summed E-state index contributed by atoms with van der Waals surface area (Å²) in [6, 6.07) is 5.78. The molecule has 0 bridgehead atoms. The summed E-state index contributed by atoms with van der Waals surface area (Å²) in [6.45, 7) is 6.84. The Morgan fingerprint density at radius 1 is 1.33 bits per heavy atom. The Morgan fingerprint density at radius 3 is 2.48 bits per heavy atom. The van der Waals surface area contributed by atoms with Crippen LogP contribution in [0.4, 0.5) is 0 Å². The van der Waals surface area contributed by atoms with Crippen molar-refractivity contribution in [3.63, 3.8) is 0 Å². The van der Waals surface area contributed by atoms with E-state index < -0.39 is 5.97 Å². The summed E-state index contributed by atoms with van der Waals surface area (Å²) < 4.78 is 11.3. The van der Waals surface area contributed by atoms with E-state index >= 15 is 0 Å². The molecule has 4 heteroatoms. The zero-order chi connectivity index (χ0) is 15.7. The number of benzene rings is 1. The van der Waals surface area contributed by atoms with Crippen LogP contribution in [0.2, 0.25) is 0 Å². The molecule has 2 rings (SSSR count). The average molecular weight is 292 g/mol. The van der Waals surface area contributed by atoms with Crippen LogP contribution in [0.3, 0.4) is 0 Å². The van der Waals surface area contributed by atoms with Crippen molar-refractivity contribution in [2.24, 2.45) is 5.41 Å². The van der Waals surface area contributed by atoms with Gasteiger partial charge in [-0.1, -0.05) is 20.8 Å². The Hall–Kier alpha value is -1.71. The van der Waals surface area contributed by atoms with Gasteiger partial charge in [0.2, 0.25) is 0 Å². The lowest BCUT2D eigenvalue weighted by Gasteiger charge is -2.24. The molecule has 0 aliphatic heterocycles. The van der Waals surface area contributed by atoms with Gasteiger partial charge in [0.15, 0.2) is 0 Å². The number of hydrogen-bond donors (Lipinski definition) is 1. The van der Waals surface area contributed by atoms with Crippen LogP contribution in [-0.4, -0.2) is 24.8 Å². The second kappa shape index (κ2) is 5.58. The molecular formula is C17H24O4. The number of carboxylic acids is 1. The standard InChI is InChI=1S/C17H24O4/c1-16(2,3)13-9-12(20-4)5-6-14(13)21-11-17(7-8-17)10-15(18)19/h5-6,9H,7-8,10-11H2,1-4H3,(H,18,19). The third-order valence-electron chi connectivity index (χ3n) is 4.01. The van der Waals surface area contributed by atoms with Gasteiger partial charge in [-0.25, -0.2) is 0 Å². The highest BCUT2D eigenvalue weighted by molar-refractivity contribution is 5.68. The highest BCUT2D eigenvalue weighted by Gasteiger charge is 2.45. The fourth-order valence-corrected chi connectivity index (χ4v) is 2.45. The molecule has 0 radical (unpaired) electrons. The lowest BCUT2D eigenvalue weighted by molar-refractivity contribution is -0.138. The largest absolute Gasteiger partial charge is 0.497 e. The van der Waals surface area contributed by atoms with E-state index in [0.29, 0.717) is 6.61 Å². The zero-order valence-electron chi connectivity index (χ0n) is 13.2. The molecule has 0 amide bonds. The molecule has 1 N–H and O–H groups in total. The van der Waals surface area contributed by atoms with E-state index in [0.717, 1.165) is 29.9 Å². The van der Waals surface area contributed by atoms with Crippen LogP contribution in [0.5, 0.6) is 11.5 Å². The van der Waals surface area contributed by atoms with Gasteiger partial charge in [0, 0.05) is 11.0 Å². The second-order valence-corrected chi connectivity index (χ2v) is 6.97. The minimum Gasteiger partial charge on any atom is -0.497 e. The fourth-order valence-electron chi connectivity index (χ4n) is 2.45. The highest BCUT2D eigenvalue weighted by Crippen LogP contribution is 2.49. The molecular weight excluding hydrogens is 268 g/mol. The highest BCUT2D eigenvalue weighted by atomic mass is 16.5. The maximum absolute atomic E-state index is 10.9. The molecule has 21 heavy (non-hydrogen) atoms. The number of ether oxygens (including phenoxy) is 2. The first kappa shape index (κ1) is 15.7. The number of carboxylic acid groups (broad SMARTS) is 1. The van der Waals surface area contributed by atoms with Gasteiger partial charge >= 0.3 is 5.97 Å². The topological polar surface area (TPSA) is 55.8 Å². The molecule has 1 aliphatic rings. The molecule has 1 aromatic rings. The predicted molar refractivity (Wildman–Crippen MR) is 81.1 cm³/mol. The summed E-state index contributed by atoms with van der Waals surface area (Å²) in [5.74, 6) is 0.876. The lowest BCUT2D eigenvalue weighted by Crippen LogP contribution is -2.20.